The molecule has 0 bridgehead atoms. The maximum absolute atomic E-state index is 13.2. The van der Waals surface area contributed by atoms with E-state index in [1.54, 1.807) is 11.6 Å². The molecule has 13 heteroatoms. The van der Waals surface area contributed by atoms with E-state index in [1.807, 2.05) is 83.1 Å². The summed E-state index contributed by atoms with van der Waals surface area (Å²) in [7, 11) is -6.72. The topological polar surface area (TPSA) is 123 Å². The highest BCUT2D eigenvalue weighted by Gasteiger charge is 2.27. The van der Waals surface area contributed by atoms with Crippen LogP contribution in [0.25, 0.3) is 0 Å². The van der Waals surface area contributed by atoms with Gasteiger partial charge in [-0.2, -0.15) is 0 Å². The fourth-order valence-corrected chi connectivity index (χ4v) is 7.99. The Kier molecular flexibility index (Phi) is 24.0. The van der Waals surface area contributed by atoms with Crippen LogP contribution in [0.5, 0.6) is 0 Å². The first kappa shape index (κ1) is 44.3. The molecule has 268 valence electrons. The van der Waals surface area contributed by atoms with Crippen molar-refractivity contribution in [1.29, 1.82) is 0 Å². The molecule has 2 N–H and O–H groups in total. The Morgan fingerprint density at radius 3 is 1.00 bits per heavy atom. The van der Waals surface area contributed by atoms with E-state index in [4.69, 9.17) is 32.3 Å². The van der Waals surface area contributed by atoms with Crippen LogP contribution in [0.1, 0.15) is 95.9 Å². The van der Waals surface area contributed by atoms with Crippen LogP contribution in [0.4, 0.5) is 0 Å². The van der Waals surface area contributed by atoms with Gasteiger partial charge in [0.25, 0.3) is 0 Å². The SMILES string of the molecule is CC(C)OP(=O)(/C=C(/NCCCOCCOCCOCCCN/C(=C/P(=O)(OC(C)C)OC(C)C)C(C)C)C(C)C)OC(C)C. The summed E-state index contributed by atoms with van der Waals surface area (Å²) in [5, 5.41) is 6.73. The molecule has 0 aromatic carbocycles. The van der Waals surface area contributed by atoms with Crippen molar-refractivity contribution in [3.05, 3.63) is 23.0 Å². The van der Waals surface area contributed by atoms with Crippen LogP contribution in [0.15, 0.2) is 23.0 Å². The molecule has 0 rings (SSSR count). The highest BCUT2D eigenvalue weighted by molar-refractivity contribution is 7.57. The van der Waals surface area contributed by atoms with Gasteiger partial charge in [-0.15, -0.1) is 0 Å². The van der Waals surface area contributed by atoms with E-state index < -0.39 is 15.2 Å². The van der Waals surface area contributed by atoms with Gasteiger partial charge in [0, 0.05) is 49.3 Å². The van der Waals surface area contributed by atoms with Crippen molar-refractivity contribution in [2.75, 3.05) is 52.7 Å². The molecule has 0 unspecified atom stereocenters. The molecule has 0 aromatic rings. The van der Waals surface area contributed by atoms with Crippen molar-refractivity contribution in [2.24, 2.45) is 11.8 Å². The van der Waals surface area contributed by atoms with Crippen molar-refractivity contribution in [3.63, 3.8) is 0 Å². The summed E-state index contributed by atoms with van der Waals surface area (Å²) >= 11 is 0. The van der Waals surface area contributed by atoms with E-state index in [2.05, 4.69) is 10.6 Å². The summed E-state index contributed by atoms with van der Waals surface area (Å²) in [5.74, 6) is 3.54. The number of hydrogen-bond donors (Lipinski definition) is 2. The lowest BCUT2D eigenvalue weighted by molar-refractivity contribution is 0.0139. The van der Waals surface area contributed by atoms with Gasteiger partial charge in [0.05, 0.1) is 50.8 Å². The summed E-state index contributed by atoms with van der Waals surface area (Å²) in [4.78, 5) is 0. The standard InChI is InChI=1S/C32H66N2O9P2/c1-25(2)31(23-44(35,40-27(5)6)41-28(7)8)33-15-13-17-37-19-21-39-22-20-38-18-14-16-34-32(26(3)4)24-45(36,42-29(9)10)43-30(11)12/h23-30,33-34H,13-22H2,1-12H3/b31-23+,32-24+. The Morgan fingerprint density at radius 2 is 0.756 bits per heavy atom. The van der Waals surface area contributed by atoms with E-state index in [0.717, 1.165) is 24.2 Å². The normalized spacial score (nSPS) is 13.8. The Morgan fingerprint density at radius 1 is 0.489 bits per heavy atom. The molecule has 11 nitrogen and oxygen atoms in total. The van der Waals surface area contributed by atoms with Gasteiger partial charge in [0.1, 0.15) is 0 Å². The lowest BCUT2D eigenvalue weighted by atomic mass is 10.1. The minimum Gasteiger partial charge on any atom is -0.388 e. The first-order valence-electron chi connectivity index (χ1n) is 16.6. The molecule has 0 atom stereocenters. The lowest BCUT2D eigenvalue weighted by Gasteiger charge is -2.23. The Bertz CT molecular complexity index is 822. The molecule has 45 heavy (non-hydrogen) atoms. The molecule has 0 aromatic heterocycles. The van der Waals surface area contributed by atoms with E-state index in [-0.39, 0.29) is 36.3 Å². The molecule has 0 saturated heterocycles. The predicted molar refractivity (Wildman–Crippen MR) is 184 cm³/mol. The maximum Gasteiger partial charge on any atom is 0.356 e. The second kappa shape index (κ2) is 24.4. The number of rotatable bonds is 28. The number of nitrogens with one attached hydrogen (secondary N) is 2. The number of ether oxygens (including phenoxy) is 3. The third kappa shape index (κ3) is 24.1. The molecule has 0 fully saturated rings. The van der Waals surface area contributed by atoms with Crippen molar-refractivity contribution in [3.8, 4) is 0 Å². The van der Waals surface area contributed by atoms with E-state index in [1.165, 1.54) is 0 Å². The Balaban J connectivity index is 4.21. The maximum atomic E-state index is 13.2. The third-order valence-electron chi connectivity index (χ3n) is 5.60. The van der Waals surface area contributed by atoms with Gasteiger partial charge in [-0.05, 0) is 80.1 Å². The molecule has 0 aliphatic rings. The van der Waals surface area contributed by atoms with Gasteiger partial charge < -0.3 is 42.9 Å². The van der Waals surface area contributed by atoms with Crippen molar-refractivity contribution in [1.82, 2.24) is 10.6 Å². The van der Waals surface area contributed by atoms with Crippen molar-refractivity contribution in [2.45, 2.75) is 120 Å². The van der Waals surface area contributed by atoms with E-state index in [0.29, 0.717) is 52.7 Å². The quantitative estimate of drug-likeness (QED) is 0.0614. The third-order valence-corrected chi connectivity index (χ3v) is 9.65. The van der Waals surface area contributed by atoms with Crippen LogP contribution >= 0.6 is 15.2 Å². The van der Waals surface area contributed by atoms with Gasteiger partial charge in [-0.1, -0.05) is 27.7 Å². The van der Waals surface area contributed by atoms with Gasteiger partial charge in [-0.3, -0.25) is 9.13 Å². The fraction of sp³-hybridized carbons (Fsp3) is 0.875. The first-order valence-corrected chi connectivity index (χ1v) is 19.8. The second-order valence-corrected chi connectivity index (χ2v) is 16.1. The molecular formula is C32H66N2O9P2. The highest BCUT2D eigenvalue weighted by atomic mass is 31.2. The van der Waals surface area contributed by atoms with Crippen LogP contribution in [0.2, 0.25) is 0 Å². The molecule has 0 saturated carbocycles. The van der Waals surface area contributed by atoms with Crippen LogP contribution < -0.4 is 10.6 Å². The van der Waals surface area contributed by atoms with E-state index >= 15 is 0 Å². The summed E-state index contributed by atoms with van der Waals surface area (Å²) in [6.07, 6.45) is 0.753. The van der Waals surface area contributed by atoms with Crippen molar-refractivity contribution < 1.29 is 41.4 Å². The molecule has 0 aliphatic heterocycles. The molecule has 0 radical (unpaired) electrons. The van der Waals surface area contributed by atoms with Crippen molar-refractivity contribution >= 4 is 15.2 Å². The highest BCUT2D eigenvalue weighted by Crippen LogP contribution is 2.54. The molecule has 0 heterocycles. The largest absolute Gasteiger partial charge is 0.388 e. The number of hydrogen-bond acceptors (Lipinski definition) is 11. The first-order chi connectivity index (χ1) is 21.0. The zero-order chi connectivity index (χ0) is 34.5. The monoisotopic (exact) mass is 684 g/mol. The minimum absolute atomic E-state index is 0.145. The average Bonchev–Trinajstić information content (AvgIpc) is 2.87. The summed E-state index contributed by atoms with van der Waals surface area (Å²) in [6.45, 7) is 27.5. The zero-order valence-corrected chi connectivity index (χ0v) is 32.0. The van der Waals surface area contributed by atoms with Gasteiger partial charge >= 0.3 is 15.2 Å². The lowest BCUT2D eigenvalue weighted by Crippen LogP contribution is -2.21. The summed E-state index contributed by atoms with van der Waals surface area (Å²) in [6, 6.07) is 0. The predicted octanol–water partition coefficient (Wildman–Crippen LogP) is 8.08. The molecule has 0 aliphatic carbocycles. The summed E-state index contributed by atoms with van der Waals surface area (Å²) in [5.41, 5.74) is 1.68. The summed E-state index contributed by atoms with van der Waals surface area (Å²) < 4.78 is 66.0. The smallest absolute Gasteiger partial charge is 0.356 e. The van der Waals surface area contributed by atoms with Gasteiger partial charge in [0.2, 0.25) is 0 Å². The fourth-order valence-electron chi connectivity index (χ4n) is 3.84. The minimum atomic E-state index is -3.36. The molecule has 0 spiro atoms. The van der Waals surface area contributed by atoms with Crippen LogP contribution in [-0.4, -0.2) is 77.1 Å². The molecular weight excluding hydrogens is 618 g/mol. The second-order valence-electron chi connectivity index (χ2n) is 12.6. The zero-order valence-electron chi connectivity index (χ0n) is 30.3. The number of allylic oxidation sites excluding steroid dienone is 2. The van der Waals surface area contributed by atoms with Gasteiger partial charge in [0.15, 0.2) is 0 Å². The van der Waals surface area contributed by atoms with Gasteiger partial charge in [-0.25, -0.2) is 0 Å². The van der Waals surface area contributed by atoms with Crippen LogP contribution in [-0.2, 0) is 41.4 Å². The Labute approximate surface area is 274 Å². The van der Waals surface area contributed by atoms with Crippen LogP contribution in [0.3, 0.4) is 0 Å². The molecule has 0 amide bonds. The van der Waals surface area contributed by atoms with E-state index in [9.17, 15) is 9.13 Å². The average molecular weight is 685 g/mol. The van der Waals surface area contributed by atoms with Crippen LogP contribution in [0, 0.1) is 11.8 Å². The Hall–Kier alpha value is -0.740.